The molecule has 0 saturated heterocycles. The molecule has 0 saturated carbocycles. The van der Waals surface area contributed by atoms with Crippen LogP contribution in [0.25, 0.3) is 16.8 Å². The van der Waals surface area contributed by atoms with E-state index >= 15 is 0 Å². The highest BCUT2D eigenvalue weighted by Gasteiger charge is 2.18. The fraction of sp³-hybridized carbons (Fsp3) is 0.188. The molecule has 2 aromatic heterocycles. The summed E-state index contributed by atoms with van der Waals surface area (Å²) in [5.41, 5.74) is 1.62. The van der Waals surface area contributed by atoms with E-state index in [-0.39, 0.29) is 12.1 Å². The lowest BCUT2D eigenvalue weighted by molar-refractivity contribution is -0.139. The highest BCUT2D eigenvalue weighted by molar-refractivity contribution is 6.30. The number of esters is 1. The van der Waals surface area contributed by atoms with E-state index in [2.05, 4.69) is 9.84 Å². The summed E-state index contributed by atoms with van der Waals surface area (Å²) >= 11 is 5.89. The number of benzene rings is 1. The topological polar surface area (TPSA) is 74.3 Å². The van der Waals surface area contributed by atoms with Gasteiger partial charge in [0, 0.05) is 11.1 Å². The zero-order valence-corrected chi connectivity index (χ0v) is 13.3. The van der Waals surface area contributed by atoms with E-state index < -0.39 is 11.6 Å². The van der Waals surface area contributed by atoms with Crippen molar-refractivity contribution in [3.63, 3.8) is 0 Å². The lowest BCUT2D eigenvalue weighted by atomic mass is 10.1. The minimum absolute atomic E-state index is 0.0221. The fourth-order valence-electron chi connectivity index (χ4n) is 2.43. The molecule has 0 amide bonds. The van der Waals surface area contributed by atoms with Gasteiger partial charge in [-0.15, -0.1) is 0 Å². The predicted octanol–water partition coefficient (Wildman–Crippen LogP) is 2.66. The second-order valence-corrected chi connectivity index (χ2v) is 5.43. The van der Waals surface area contributed by atoms with Gasteiger partial charge < -0.3 is 9.15 Å². The van der Waals surface area contributed by atoms with Crippen molar-refractivity contribution < 1.29 is 13.9 Å². The maximum absolute atomic E-state index is 11.8. The second kappa shape index (κ2) is 5.89. The normalized spacial score (nSPS) is 10.9. The minimum atomic E-state index is -0.550. The standard InChI is InChI=1S/C16H13ClN2O4/c1-9-15-10(7-13(20)22-2)8-14(21)23-16(15)19(18-9)12-5-3-11(17)4-6-12/h3-6,8H,7H2,1-2H3. The number of ether oxygens (including phenoxy) is 1. The van der Waals surface area contributed by atoms with Crippen molar-refractivity contribution >= 4 is 28.7 Å². The minimum Gasteiger partial charge on any atom is -0.469 e. The summed E-state index contributed by atoms with van der Waals surface area (Å²) in [7, 11) is 1.30. The highest BCUT2D eigenvalue weighted by atomic mass is 35.5. The first-order valence-electron chi connectivity index (χ1n) is 6.84. The first-order valence-corrected chi connectivity index (χ1v) is 7.22. The third-order valence-electron chi connectivity index (χ3n) is 3.46. The second-order valence-electron chi connectivity index (χ2n) is 5.00. The smallest absolute Gasteiger partial charge is 0.337 e. The fourth-order valence-corrected chi connectivity index (χ4v) is 2.56. The molecule has 7 heteroatoms. The molecule has 0 radical (unpaired) electrons. The Labute approximate surface area is 136 Å². The average molecular weight is 333 g/mol. The van der Waals surface area contributed by atoms with Crippen molar-refractivity contribution in [2.45, 2.75) is 13.3 Å². The summed E-state index contributed by atoms with van der Waals surface area (Å²) in [5.74, 6) is -0.435. The van der Waals surface area contributed by atoms with Gasteiger partial charge in [-0.25, -0.2) is 4.79 Å². The average Bonchev–Trinajstić information content (AvgIpc) is 2.84. The molecule has 0 aliphatic heterocycles. The van der Waals surface area contributed by atoms with Crippen molar-refractivity contribution in [1.29, 1.82) is 0 Å². The SMILES string of the molecule is COC(=O)Cc1cc(=O)oc2c1c(C)nn2-c1ccc(Cl)cc1. The lowest BCUT2D eigenvalue weighted by Gasteiger charge is -2.04. The Hall–Kier alpha value is -2.60. The van der Waals surface area contributed by atoms with Crippen LogP contribution in [0, 0.1) is 6.92 Å². The molecule has 3 rings (SSSR count). The Balaban J connectivity index is 2.24. The maximum atomic E-state index is 11.8. The van der Waals surface area contributed by atoms with Crippen LogP contribution in [0.15, 0.2) is 39.5 Å². The van der Waals surface area contributed by atoms with Crippen molar-refractivity contribution in [2.75, 3.05) is 7.11 Å². The summed E-state index contributed by atoms with van der Waals surface area (Å²) < 4.78 is 11.5. The number of fused-ring (bicyclic) bond motifs is 1. The van der Waals surface area contributed by atoms with Crippen LogP contribution in [-0.2, 0) is 16.0 Å². The number of hydrogen-bond donors (Lipinski definition) is 0. The number of hydrogen-bond acceptors (Lipinski definition) is 5. The Morgan fingerprint density at radius 2 is 2.04 bits per heavy atom. The summed E-state index contributed by atoms with van der Waals surface area (Å²) in [4.78, 5) is 23.4. The molecule has 1 aromatic carbocycles. The molecule has 2 heterocycles. The van der Waals surface area contributed by atoms with Gasteiger partial charge >= 0.3 is 11.6 Å². The van der Waals surface area contributed by atoms with E-state index in [0.717, 1.165) is 0 Å². The molecule has 3 aromatic rings. The third-order valence-corrected chi connectivity index (χ3v) is 3.71. The molecule has 0 unspecified atom stereocenters. The molecule has 0 bridgehead atoms. The molecule has 23 heavy (non-hydrogen) atoms. The lowest BCUT2D eigenvalue weighted by Crippen LogP contribution is -2.09. The number of rotatable bonds is 3. The number of halogens is 1. The van der Waals surface area contributed by atoms with Gasteiger partial charge in [0.15, 0.2) is 0 Å². The van der Waals surface area contributed by atoms with Crippen LogP contribution in [-0.4, -0.2) is 22.9 Å². The highest BCUT2D eigenvalue weighted by Crippen LogP contribution is 2.25. The molecule has 0 N–H and O–H groups in total. The van der Waals surface area contributed by atoms with Gasteiger partial charge in [-0.05, 0) is 36.8 Å². The summed E-state index contributed by atoms with van der Waals surface area (Å²) in [5, 5.41) is 5.64. The molecule has 6 nitrogen and oxygen atoms in total. The van der Waals surface area contributed by atoms with E-state index in [1.165, 1.54) is 17.9 Å². The van der Waals surface area contributed by atoms with E-state index in [1.807, 2.05) is 0 Å². The van der Waals surface area contributed by atoms with Crippen molar-refractivity contribution in [3.8, 4) is 5.69 Å². The first kappa shape index (κ1) is 15.3. The van der Waals surface area contributed by atoms with E-state index in [0.29, 0.717) is 27.4 Å². The molecule has 0 spiro atoms. The van der Waals surface area contributed by atoms with Crippen LogP contribution in [0.4, 0.5) is 0 Å². The molecule has 0 aliphatic carbocycles. The summed E-state index contributed by atoms with van der Waals surface area (Å²) in [6.07, 6.45) is -0.0221. The van der Waals surface area contributed by atoms with Crippen molar-refractivity contribution in [3.05, 3.63) is 57.0 Å². The van der Waals surface area contributed by atoms with Crippen LogP contribution >= 0.6 is 11.6 Å². The number of carbonyl (C=O) groups is 1. The molecule has 118 valence electrons. The van der Waals surface area contributed by atoms with Gasteiger partial charge in [0.25, 0.3) is 0 Å². The van der Waals surface area contributed by atoms with Crippen LogP contribution < -0.4 is 5.63 Å². The van der Waals surface area contributed by atoms with Crippen LogP contribution in [0.3, 0.4) is 0 Å². The van der Waals surface area contributed by atoms with E-state index in [9.17, 15) is 9.59 Å². The zero-order valence-electron chi connectivity index (χ0n) is 12.5. The van der Waals surface area contributed by atoms with Crippen LogP contribution in [0.2, 0.25) is 5.02 Å². The molecule has 0 aliphatic rings. The number of nitrogens with zero attached hydrogens (tertiary/aromatic N) is 2. The van der Waals surface area contributed by atoms with Crippen LogP contribution in [0.5, 0.6) is 0 Å². The van der Waals surface area contributed by atoms with E-state index in [1.54, 1.807) is 31.2 Å². The van der Waals surface area contributed by atoms with Gasteiger partial charge in [0.2, 0.25) is 5.71 Å². The summed E-state index contributed by atoms with van der Waals surface area (Å²) in [6, 6.07) is 8.26. The van der Waals surface area contributed by atoms with Crippen LogP contribution in [0.1, 0.15) is 11.3 Å². The number of methoxy groups -OCH3 is 1. The van der Waals surface area contributed by atoms with Gasteiger partial charge in [-0.1, -0.05) is 11.6 Å². The molecular weight excluding hydrogens is 320 g/mol. The number of carbonyl (C=O) groups excluding carboxylic acids is 1. The van der Waals surface area contributed by atoms with Crippen molar-refractivity contribution in [2.24, 2.45) is 0 Å². The largest absolute Gasteiger partial charge is 0.469 e. The Morgan fingerprint density at radius 1 is 1.35 bits per heavy atom. The van der Waals surface area contributed by atoms with Gasteiger partial charge in [0.1, 0.15) is 0 Å². The third kappa shape index (κ3) is 2.85. The van der Waals surface area contributed by atoms with E-state index in [4.69, 9.17) is 16.0 Å². The predicted molar refractivity (Wildman–Crippen MR) is 85.1 cm³/mol. The number of aryl methyl sites for hydroxylation is 1. The van der Waals surface area contributed by atoms with Crippen molar-refractivity contribution in [1.82, 2.24) is 9.78 Å². The maximum Gasteiger partial charge on any atom is 0.337 e. The monoisotopic (exact) mass is 332 g/mol. The Bertz CT molecular complexity index is 941. The van der Waals surface area contributed by atoms with Gasteiger partial charge in [-0.2, -0.15) is 9.78 Å². The summed E-state index contributed by atoms with van der Waals surface area (Å²) in [6.45, 7) is 1.79. The quantitative estimate of drug-likeness (QED) is 0.689. The van der Waals surface area contributed by atoms with Gasteiger partial charge in [0.05, 0.1) is 30.3 Å². The Morgan fingerprint density at radius 3 is 2.70 bits per heavy atom. The molecule has 0 atom stereocenters. The van der Waals surface area contributed by atoms with Gasteiger partial charge in [-0.3, -0.25) is 4.79 Å². The zero-order chi connectivity index (χ0) is 16.6. The Kier molecular flexibility index (Phi) is 3.92. The molecule has 0 fully saturated rings. The molecular formula is C16H13ClN2O4. The number of aromatic nitrogens is 2. The first-order chi connectivity index (χ1) is 11.0.